The molecule has 0 spiro atoms. The fraction of sp³-hybridized carbons (Fsp3) is 0.556. The average molecular weight is 566 g/mol. The molecular formula is C27H39N3O6S2. The van der Waals surface area contributed by atoms with E-state index in [0.717, 1.165) is 40.7 Å². The topological polar surface area (TPSA) is 105 Å². The molecule has 210 valence electrons. The number of anilines is 1. The van der Waals surface area contributed by atoms with Crippen molar-refractivity contribution in [2.24, 2.45) is 0 Å². The van der Waals surface area contributed by atoms with E-state index in [4.69, 9.17) is 9.47 Å². The first-order chi connectivity index (χ1) is 17.9. The fourth-order valence-corrected chi connectivity index (χ4v) is 8.39. The average Bonchev–Trinajstić information content (AvgIpc) is 3.43. The van der Waals surface area contributed by atoms with Crippen molar-refractivity contribution >= 4 is 25.7 Å². The number of rotatable bonds is 8. The predicted octanol–water partition coefficient (Wildman–Crippen LogP) is 3.21. The van der Waals surface area contributed by atoms with Gasteiger partial charge in [0.15, 0.2) is 0 Å². The predicted molar refractivity (Wildman–Crippen MR) is 148 cm³/mol. The zero-order valence-electron chi connectivity index (χ0n) is 23.1. The van der Waals surface area contributed by atoms with E-state index < -0.39 is 20.0 Å². The highest BCUT2D eigenvalue weighted by molar-refractivity contribution is 7.89. The summed E-state index contributed by atoms with van der Waals surface area (Å²) < 4.78 is 68.8. The van der Waals surface area contributed by atoms with Crippen LogP contribution >= 0.6 is 0 Å². The minimum atomic E-state index is -3.74. The van der Waals surface area contributed by atoms with E-state index in [-0.39, 0.29) is 30.6 Å². The van der Waals surface area contributed by atoms with Crippen molar-refractivity contribution in [1.29, 1.82) is 0 Å². The summed E-state index contributed by atoms with van der Waals surface area (Å²) in [4.78, 5) is 2.52. The van der Waals surface area contributed by atoms with Gasteiger partial charge < -0.3 is 14.4 Å². The number of hydrogen-bond acceptors (Lipinski definition) is 7. The van der Waals surface area contributed by atoms with Gasteiger partial charge in [0.1, 0.15) is 5.75 Å². The number of ether oxygens (including phenoxy) is 2. The first-order valence-electron chi connectivity index (χ1n) is 13.0. The van der Waals surface area contributed by atoms with Crippen LogP contribution in [0.2, 0.25) is 0 Å². The monoisotopic (exact) mass is 565 g/mol. The van der Waals surface area contributed by atoms with Crippen LogP contribution in [-0.2, 0) is 24.8 Å². The van der Waals surface area contributed by atoms with Crippen molar-refractivity contribution in [1.82, 2.24) is 9.03 Å². The first kappa shape index (κ1) is 28.8. The molecule has 2 aliphatic heterocycles. The maximum Gasteiger partial charge on any atom is 0.243 e. The Kier molecular flexibility index (Phi) is 8.44. The number of hydrogen-bond donors (Lipinski definition) is 1. The van der Waals surface area contributed by atoms with E-state index in [1.165, 1.54) is 17.5 Å². The lowest BCUT2D eigenvalue weighted by Crippen LogP contribution is -2.49. The zero-order valence-corrected chi connectivity index (χ0v) is 24.8. The summed E-state index contributed by atoms with van der Waals surface area (Å²) in [5.41, 5.74) is 5.34. The molecule has 2 fully saturated rings. The van der Waals surface area contributed by atoms with Crippen molar-refractivity contribution in [3.8, 4) is 5.75 Å². The van der Waals surface area contributed by atoms with E-state index in [2.05, 4.69) is 4.72 Å². The molecule has 1 N–H and O–H groups in total. The lowest BCUT2D eigenvalue weighted by molar-refractivity contribution is 0.114. The van der Waals surface area contributed by atoms with Crippen LogP contribution in [0, 0.1) is 34.6 Å². The number of methoxy groups -OCH3 is 1. The van der Waals surface area contributed by atoms with Crippen molar-refractivity contribution in [2.75, 3.05) is 51.3 Å². The Bertz CT molecular complexity index is 1380. The molecule has 0 radical (unpaired) electrons. The van der Waals surface area contributed by atoms with Crippen molar-refractivity contribution in [2.45, 2.75) is 63.4 Å². The van der Waals surface area contributed by atoms with Crippen LogP contribution in [0.1, 0.15) is 40.7 Å². The molecule has 2 aromatic rings. The summed E-state index contributed by atoms with van der Waals surface area (Å²) in [6.45, 7) is 12.0. The Labute approximate surface area is 227 Å². The van der Waals surface area contributed by atoms with Gasteiger partial charge >= 0.3 is 0 Å². The molecule has 0 unspecified atom stereocenters. The second-order valence-corrected chi connectivity index (χ2v) is 13.8. The molecule has 1 atom stereocenters. The standard InChI is InChI=1S/C27H39N3O6S2/c1-18-19(2)21(4)27(22(5)20(18)3)38(33,34)30-13-11-29(12-14-30)25-16-24(9-10-26(25)35-6)37(31,32)28-17-23-8-7-15-36-23/h9-10,16,23,28H,7-8,11-15,17H2,1-6H3/t23-/m0/s1. The maximum atomic E-state index is 13.8. The second kappa shape index (κ2) is 11.1. The van der Waals surface area contributed by atoms with E-state index in [1.54, 1.807) is 12.1 Å². The van der Waals surface area contributed by atoms with E-state index in [9.17, 15) is 16.8 Å². The third kappa shape index (κ3) is 5.44. The minimum absolute atomic E-state index is 0.106. The third-order valence-corrected chi connectivity index (χ3v) is 11.7. The Hall–Kier alpha value is -2.18. The normalized spacial score (nSPS) is 19.2. The van der Waals surface area contributed by atoms with E-state index in [1.807, 2.05) is 39.5 Å². The Morgan fingerprint density at radius 1 is 0.921 bits per heavy atom. The van der Waals surface area contributed by atoms with Gasteiger partial charge in [0.25, 0.3) is 0 Å². The molecule has 0 bridgehead atoms. The van der Waals surface area contributed by atoms with Crippen molar-refractivity contribution in [3.05, 3.63) is 46.0 Å². The molecule has 9 nitrogen and oxygen atoms in total. The summed E-state index contributed by atoms with van der Waals surface area (Å²) in [5, 5.41) is 0. The van der Waals surface area contributed by atoms with Gasteiger partial charge in [-0.1, -0.05) is 0 Å². The van der Waals surface area contributed by atoms with Crippen LogP contribution in [0.15, 0.2) is 28.0 Å². The molecule has 4 rings (SSSR count). The quantitative estimate of drug-likeness (QED) is 0.524. The first-order valence-corrected chi connectivity index (χ1v) is 15.9. The molecule has 0 amide bonds. The smallest absolute Gasteiger partial charge is 0.243 e. The maximum absolute atomic E-state index is 13.8. The van der Waals surface area contributed by atoms with E-state index >= 15 is 0 Å². The van der Waals surface area contributed by atoms with Crippen LogP contribution in [-0.4, -0.2) is 73.7 Å². The van der Waals surface area contributed by atoms with Crippen LogP contribution in [0.5, 0.6) is 5.75 Å². The summed E-state index contributed by atoms with van der Waals surface area (Å²) in [6, 6.07) is 4.76. The minimum Gasteiger partial charge on any atom is -0.495 e. The SMILES string of the molecule is COc1ccc(S(=O)(=O)NC[C@@H]2CCCO2)cc1N1CCN(S(=O)(=O)c2c(C)c(C)c(C)c(C)c2C)CC1. The molecule has 2 aliphatic rings. The largest absolute Gasteiger partial charge is 0.495 e. The molecule has 0 saturated carbocycles. The molecular weight excluding hydrogens is 526 g/mol. The molecule has 0 aromatic heterocycles. The summed E-state index contributed by atoms with van der Waals surface area (Å²) in [7, 11) is -5.90. The van der Waals surface area contributed by atoms with Crippen LogP contribution in [0.4, 0.5) is 5.69 Å². The van der Waals surface area contributed by atoms with Crippen LogP contribution in [0.3, 0.4) is 0 Å². The van der Waals surface area contributed by atoms with Crippen LogP contribution in [0.25, 0.3) is 0 Å². The van der Waals surface area contributed by atoms with E-state index in [0.29, 0.717) is 36.0 Å². The lowest BCUT2D eigenvalue weighted by atomic mass is 9.95. The van der Waals surface area contributed by atoms with Gasteiger partial charge in [0.05, 0.1) is 28.7 Å². The van der Waals surface area contributed by atoms with Gasteiger partial charge in [-0.15, -0.1) is 0 Å². The highest BCUT2D eigenvalue weighted by Gasteiger charge is 2.33. The van der Waals surface area contributed by atoms with Crippen molar-refractivity contribution < 1.29 is 26.3 Å². The molecule has 2 heterocycles. The van der Waals surface area contributed by atoms with Gasteiger partial charge in [-0.25, -0.2) is 21.6 Å². The van der Waals surface area contributed by atoms with Gasteiger partial charge in [-0.05, 0) is 93.5 Å². The Morgan fingerprint density at radius 2 is 1.53 bits per heavy atom. The van der Waals surface area contributed by atoms with Gasteiger partial charge in [-0.3, -0.25) is 0 Å². The van der Waals surface area contributed by atoms with Crippen LogP contribution < -0.4 is 14.4 Å². The number of sulfonamides is 2. The third-order valence-electron chi connectivity index (χ3n) is 8.09. The Balaban J connectivity index is 1.54. The zero-order chi connectivity index (χ0) is 27.8. The number of benzene rings is 2. The van der Waals surface area contributed by atoms with Gasteiger partial charge in [0.2, 0.25) is 20.0 Å². The summed E-state index contributed by atoms with van der Waals surface area (Å²) in [5.74, 6) is 0.538. The Morgan fingerprint density at radius 3 is 2.08 bits per heavy atom. The highest BCUT2D eigenvalue weighted by atomic mass is 32.2. The number of piperazine rings is 1. The van der Waals surface area contributed by atoms with Crippen molar-refractivity contribution in [3.63, 3.8) is 0 Å². The molecule has 2 saturated heterocycles. The molecule has 11 heteroatoms. The summed E-state index contributed by atoms with van der Waals surface area (Å²) in [6.07, 6.45) is 1.67. The fourth-order valence-electron chi connectivity index (χ4n) is 5.33. The molecule has 0 aliphatic carbocycles. The van der Waals surface area contributed by atoms with Gasteiger partial charge in [0, 0.05) is 39.3 Å². The number of nitrogens with one attached hydrogen (secondary N) is 1. The lowest BCUT2D eigenvalue weighted by Gasteiger charge is -2.36. The molecule has 38 heavy (non-hydrogen) atoms. The second-order valence-electron chi connectivity index (χ2n) is 10.2. The number of nitrogens with zero attached hydrogens (tertiary/aromatic N) is 2. The molecule has 2 aromatic carbocycles. The van der Waals surface area contributed by atoms with Gasteiger partial charge in [-0.2, -0.15) is 4.31 Å². The highest BCUT2D eigenvalue weighted by Crippen LogP contribution is 2.35. The summed E-state index contributed by atoms with van der Waals surface area (Å²) >= 11 is 0.